The summed E-state index contributed by atoms with van der Waals surface area (Å²) in [6.45, 7) is 6.19. The van der Waals surface area contributed by atoms with E-state index in [4.69, 9.17) is 5.11 Å². The number of hydrogen-bond acceptors (Lipinski definition) is 2. The van der Waals surface area contributed by atoms with Crippen LogP contribution in [-0.4, -0.2) is 17.0 Å². The van der Waals surface area contributed by atoms with Crippen LogP contribution in [0.5, 0.6) is 0 Å². The van der Waals surface area contributed by atoms with Gasteiger partial charge in [-0.3, -0.25) is 9.59 Å². The van der Waals surface area contributed by atoms with Crippen molar-refractivity contribution in [2.24, 2.45) is 11.8 Å². The summed E-state index contributed by atoms with van der Waals surface area (Å²) in [6.07, 6.45) is 0.459. The number of hydrogen-bond donors (Lipinski definition) is 2. The predicted octanol–water partition coefficient (Wildman–Crippen LogP) is 2.71. The van der Waals surface area contributed by atoms with Crippen LogP contribution in [-0.2, 0) is 9.59 Å². The molecule has 1 fully saturated rings. The molecule has 1 amide bonds. The molecule has 20 heavy (non-hydrogen) atoms. The molecule has 1 aromatic carbocycles. The van der Waals surface area contributed by atoms with E-state index in [2.05, 4.69) is 31.3 Å². The van der Waals surface area contributed by atoms with Crippen LogP contribution in [0, 0.1) is 11.8 Å². The summed E-state index contributed by atoms with van der Waals surface area (Å²) in [7, 11) is 0. The second-order valence-electron chi connectivity index (χ2n) is 5.84. The fourth-order valence-corrected chi connectivity index (χ4v) is 2.33. The number of aliphatic carboxylic acids is 1. The number of nitrogens with one attached hydrogen (secondary N) is 1. The Labute approximate surface area is 119 Å². The fraction of sp³-hybridized carbons (Fsp3) is 0.500. The Morgan fingerprint density at radius 1 is 1.10 bits per heavy atom. The van der Waals surface area contributed by atoms with Gasteiger partial charge in [-0.2, -0.15) is 0 Å². The molecule has 1 aliphatic carbocycles. The Hall–Kier alpha value is -1.84. The molecule has 1 saturated carbocycles. The lowest BCUT2D eigenvalue weighted by Gasteiger charge is -2.15. The van der Waals surface area contributed by atoms with Crippen LogP contribution in [0.1, 0.15) is 50.3 Å². The predicted molar refractivity (Wildman–Crippen MR) is 76.3 cm³/mol. The van der Waals surface area contributed by atoms with Crippen molar-refractivity contribution in [3.8, 4) is 0 Å². The van der Waals surface area contributed by atoms with Gasteiger partial charge in [-0.15, -0.1) is 0 Å². The highest BCUT2D eigenvalue weighted by atomic mass is 16.4. The first-order chi connectivity index (χ1) is 9.40. The summed E-state index contributed by atoms with van der Waals surface area (Å²) in [5, 5.41) is 11.7. The minimum atomic E-state index is -0.876. The molecule has 0 spiro atoms. The van der Waals surface area contributed by atoms with Crippen molar-refractivity contribution in [3.05, 3.63) is 35.4 Å². The van der Waals surface area contributed by atoms with Gasteiger partial charge >= 0.3 is 5.97 Å². The number of carboxylic acids is 1. The molecule has 2 rings (SSSR count). The van der Waals surface area contributed by atoms with E-state index in [9.17, 15) is 9.59 Å². The first-order valence-electron chi connectivity index (χ1n) is 7.03. The van der Waals surface area contributed by atoms with Crippen LogP contribution in [0.3, 0.4) is 0 Å². The summed E-state index contributed by atoms with van der Waals surface area (Å²) in [4.78, 5) is 22.7. The van der Waals surface area contributed by atoms with Gasteiger partial charge in [0.25, 0.3) is 0 Å². The molecule has 1 unspecified atom stereocenters. The highest BCUT2D eigenvalue weighted by Gasteiger charge is 2.48. The van der Waals surface area contributed by atoms with E-state index in [1.807, 2.05) is 19.1 Å². The first kappa shape index (κ1) is 14.6. The summed E-state index contributed by atoms with van der Waals surface area (Å²) in [6, 6.07) is 8.07. The molecular formula is C16H21NO3. The van der Waals surface area contributed by atoms with Crippen molar-refractivity contribution < 1.29 is 14.7 Å². The highest BCUT2D eigenvalue weighted by molar-refractivity contribution is 5.89. The summed E-state index contributed by atoms with van der Waals surface area (Å²) in [5.74, 6) is -1.40. The van der Waals surface area contributed by atoms with Crippen molar-refractivity contribution in [1.29, 1.82) is 0 Å². The molecular weight excluding hydrogens is 254 g/mol. The van der Waals surface area contributed by atoms with E-state index in [0.717, 1.165) is 5.56 Å². The van der Waals surface area contributed by atoms with Crippen LogP contribution in [0.2, 0.25) is 0 Å². The van der Waals surface area contributed by atoms with Gasteiger partial charge in [-0.25, -0.2) is 0 Å². The molecule has 3 atom stereocenters. The minimum Gasteiger partial charge on any atom is -0.481 e. The van der Waals surface area contributed by atoms with Crippen LogP contribution in [0.25, 0.3) is 0 Å². The fourth-order valence-electron chi connectivity index (χ4n) is 2.33. The minimum absolute atomic E-state index is 0.0984. The van der Waals surface area contributed by atoms with E-state index in [0.29, 0.717) is 12.3 Å². The van der Waals surface area contributed by atoms with E-state index in [1.165, 1.54) is 5.56 Å². The quantitative estimate of drug-likeness (QED) is 0.868. The van der Waals surface area contributed by atoms with Gasteiger partial charge in [0.05, 0.1) is 17.9 Å². The monoisotopic (exact) mass is 275 g/mol. The Kier molecular flexibility index (Phi) is 4.12. The molecule has 2 N–H and O–H groups in total. The van der Waals surface area contributed by atoms with E-state index >= 15 is 0 Å². The lowest BCUT2D eigenvalue weighted by Crippen LogP contribution is -2.29. The number of amides is 1. The second-order valence-corrected chi connectivity index (χ2v) is 5.84. The molecule has 108 valence electrons. The number of benzene rings is 1. The molecule has 0 heterocycles. The Morgan fingerprint density at radius 3 is 2.10 bits per heavy atom. The first-order valence-corrected chi connectivity index (χ1v) is 7.03. The van der Waals surface area contributed by atoms with Gasteiger partial charge in [-0.05, 0) is 30.4 Å². The van der Waals surface area contributed by atoms with Gasteiger partial charge < -0.3 is 10.4 Å². The maximum Gasteiger partial charge on any atom is 0.307 e. The SMILES string of the molecule is CC(C)c1ccc(C(C)NC(=O)[C@@H]2C[C@@H]2C(=O)O)cc1. The maximum absolute atomic E-state index is 11.9. The van der Waals surface area contributed by atoms with Crippen molar-refractivity contribution >= 4 is 11.9 Å². The van der Waals surface area contributed by atoms with E-state index < -0.39 is 11.9 Å². The molecule has 1 aliphatic rings. The number of carbonyl (C=O) groups is 2. The van der Waals surface area contributed by atoms with Crippen LogP contribution in [0.4, 0.5) is 0 Å². The summed E-state index contributed by atoms with van der Waals surface area (Å²) in [5.41, 5.74) is 2.30. The largest absolute Gasteiger partial charge is 0.481 e. The molecule has 0 aliphatic heterocycles. The van der Waals surface area contributed by atoms with Crippen LogP contribution >= 0.6 is 0 Å². The van der Waals surface area contributed by atoms with Gasteiger partial charge in [0.2, 0.25) is 5.91 Å². The number of carboxylic acid groups (broad SMARTS) is 1. The standard InChI is InChI=1S/C16H21NO3/c1-9(2)11-4-6-12(7-5-11)10(3)17-15(18)13-8-14(13)16(19)20/h4-7,9-10,13-14H,8H2,1-3H3,(H,17,18)(H,19,20)/t10?,13-,14+/m1/s1. The molecule has 4 nitrogen and oxygen atoms in total. The third kappa shape index (κ3) is 3.18. The normalized spacial score (nSPS) is 22.4. The molecule has 0 bridgehead atoms. The molecule has 1 aromatic rings. The van der Waals surface area contributed by atoms with Gasteiger partial charge in [0, 0.05) is 0 Å². The lowest BCUT2D eigenvalue weighted by molar-refractivity contribution is -0.140. The molecule has 4 heteroatoms. The third-order valence-corrected chi connectivity index (χ3v) is 3.91. The Balaban J connectivity index is 1.93. The third-order valence-electron chi connectivity index (χ3n) is 3.91. The number of rotatable bonds is 5. The van der Waals surface area contributed by atoms with Crippen molar-refractivity contribution in [2.45, 2.75) is 39.2 Å². The average Bonchev–Trinajstić information content (AvgIpc) is 3.19. The zero-order valence-corrected chi connectivity index (χ0v) is 12.1. The van der Waals surface area contributed by atoms with Crippen molar-refractivity contribution in [3.63, 3.8) is 0 Å². The summed E-state index contributed by atoms with van der Waals surface area (Å²) < 4.78 is 0. The lowest BCUT2D eigenvalue weighted by atomic mass is 9.99. The molecule has 0 radical (unpaired) electrons. The van der Waals surface area contributed by atoms with Crippen molar-refractivity contribution in [2.75, 3.05) is 0 Å². The Morgan fingerprint density at radius 2 is 1.65 bits per heavy atom. The highest BCUT2D eigenvalue weighted by Crippen LogP contribution is 2.39. The number of carbonyl (C=O) groups excluding carboxylic acids is 1. The van der Waals surface area contributed by atoms with Gasteiger partial charge in [0.15, 0.2) is 0 Å². The second kappa shape index (κ2) is 5.65. The summed E-state index contributed by atoms with van der Waals surface area (Å²) >= 11 is 0. The van der Waals surface area contributed by atoms with E-state index in [1.54, 1.807) is 0 Å². The van der Waals surface area contributed by atoms with Gasteiger partial charge in [0.1, 0.15) is 0 Å². The molecule has 0 aromatic heterocycles. The average molecular weight is 275 g/mol. The molecule has 0 saturated heterocycles. The Bertz CT molecular complexity index is 507. The zero-order valence-electron chi connectivity index (χ0n) is 12.1. The van der Waals surface area contributed by atoms with Crippen LogP contribution in [0.15, 0.2) is 24.3 Å². The smallest absolute Gasteiger partial charge is 0.307 e. The topological polar surface area (TPSA) is 66.4 Å². The van der Waals surface area contributed by atoms with Gasteiger partial charge in [-0.1, -0.05) is 38.1 Å². The van der Waals surface area contributed by atoms with Crippen LogP contribution < -0.4 is 5.32 Å². The van der Waals surface area contributed by atoms with E-state index in [-0.39, 0.29) is 17.9 Å². The maximum atomic E-state index is 11.9. The van der Waals surface area contributed by atoms with Crippen molar-refractivity contribution in [1.82, 2.24) is 5.32 Å². The zero-order chi connectivity index (χ0) is 14.9.